The second kappa shape index (κ2) is 10.7. The Bertz CT molecular complexity index is 773. The average Bonchev–Trinajstić information content (AvgIpc) is 2.66. The number of Topliss-reactive ketones (excluding diaryl/α,β-unsaturated/α-hetero) is 1. The second-order valence-electron chi connectivity index (χ2n) is 7.45. The number of halogens is 1. The van der Waals surface area contributed by atoms with Crippen molar-refractivity contribution in [1.82, 2.24) is 4.90 Å². The maximum absolute atomic E-state index is 14.6. The largest absolute Gasteiger partial charge is 0.460 e. The van der Waals surface area contributed by atoms with Crippen molar-refractivity contribution in [3.05, 3.63) is 35.1 Å². The molecule has 0 bridgehead atoms. The molecule has 1 fully saturated rings. The molecule has 0 radical (unpaired) electrons. The van der Waals surface area contributed by atoms with Crippen molar-refractivity contribution in [1.29, 1.82) is 5.41 Å². The Balaban J connectivity index is 1.81. The van der Waals surface area contributed by atoms with Gasteiger partial charge in [-0.15, -0.1) is 0 Å². The molecule has 8 heteroatoms. The zero-order valence-corrected chi connectivity index (χ0v) is 16.7. The molecule has 1 aliphatic heterocycles. The Kier molecular flexibility index (Phi) is 8.30. The van der Waals surface area contributed by atoms with E-state index in [-0.39, 0.29) is 54.9 Å². The van der Waals surface area contributed by atoms with Gasteiger partial charge in [0.05, 0.1) is 0 Å². The summed E-state index contributed by atoms with van der Waals surface area (Å²) in [4.78, 5) is 36.9. The number of rotatable bonds is 9. The van der Waals surface area contributed by atoms with E-state index in [2.05, 4.69) is 0 Å². The SMILES string of the molecule is CC(=O)N1CCC(CC(=O)CCc2cccc(COC(=O)CC(=N)N)c2F)CC1. The third-order valence-corrected chi connectivity index (χ3v) is 5.13. The number of piperidine rings is 1. The molecule has 1 aromatic rings. The standard InChI is InChI=1S/C21H28FN3O4/c1-14(26)25-9-7-15(8-10-25)11-18(27)6-5-16-3-2-4-17(21(16)22)13-29-20(28)12-19(23)24/h2-4,15H,5-13H2,1H3,(H3,23,24). The molecule has 3 N–H and O–H groups in total. The van der Waals surface area contributed by atoms with E-state index in [1.807, 2.05) is 0 Å². The molecule has 1 aliphatic rings. The number of nitrogens with two attached hydrogens (primary N) is 1. The van der Waals surface area contributed by atoms with E-state index in [0.717, 1.165) is 12.8 Å². The van der Waals surface area contributed by atoms with Gasteiger partial charge in [-0.05, 0) is 30.7 Å². The minimum absolute atomic E-state index is 0.0668. The number of hydrogen-bond acceptors (Lipinski definition) is 5. The highest BCUT2D eigenvalue weighted by Crippen LogP contribution is 2.22. The fourth-order valence-corrected chi connectivity index (χ4v) is 3.45. The summed E-state index contributed by atoms with van der Waals surface area (Å²) in [6, 6.07) is 4.80. The van der Waals surface area contributed by atoms with Gasteiger partial charge in [0.15, 0.2) is 0 Å². The smallest absolute Gasteiger partial charge is 0.313 e. The Morgan fingerprint density at radius 3 is 2.52 bits per heavy atom. The first-order valence-electron chi connectivity index (χ1n) is 9.78. The van der Waals surface area contributed by atoms with Crippen LogP contribution in [0, 0.1) is 17.1 Å². The van der Waals surface area contributed by atoms with Crippen LogP contribution in [-0.4, -0.2) is 41.5 Å². The number of likely N-dealkylation sites (tertiary alicyclic amines) is 1. The lowest BCUT2D eigenvalue weighted by Gasteiger charge is -2.30. The van der Waals surface area contributed by atoms with Crippen LogP contribution in [0.1, 0.15) is 50.2 Å². The minimum Gasteiger partial charge on any atom is -0.460 e. The quantitative estimate of drug-likeness (QED) is 0.372. The normalized spacial score (nSPS) is 14.5. The lowest BCUT2D eigenvalue weighted by Crippen LogP contribution is -2.37. The molecule has 1 amide bonds. The van der Waals surface area contributed by atoms with Gasteiger partial charge in [-0.25, -0.2) is 4.39 Å². The number of hydrogen-bond donors (Lipinski definition) is 2. The van der Waals surface area contributed by atoms with Gasteiger partial charge in [0.25, 0.3) is 0 Å². The van der Waals surface area contributed by atoms with Crippen LogP contribution in [0.5, 0.6) is 0 Å². The van der Waals surface area contributed by atoms with Crippen LogP contribution in [0.4, 0.5) is 4.39 Å². The van der Waals surface area contributed by atoms with Gasteiger partial charge in [0.2, 0.25) is 5.91 Å². The maximum Gasteiger partial charge on any atom is 0.313 e. The topological polar surface area (TPSA) is 114 Å². The predicted molar refractivity (Wildman–Crippen MR) is 106 cm³/mol. The van der Waals surface area contributed by atoms with Crippen LogP contribution in [-0.2, 0) is 32.1 Å². The summed E-state index contributed by atoms with van der Waals surface area (Å²) in [6.45, 7) is 2.69. The van der Waals surface area contributed by atoms with Gasteiger partial charge < -0.3 is 15.4 Å². The van der Waals surface area contributed by atoms with E-state index < -0.39 is 11.8 Å². The molecular formula is C21H28FN3O4. The van der Waals surface area contributed by atoms with Crippen molar-refractivity contribution < 1.29 is 23.5 Å². The van der Waals surface area contributed by atoms with E-state index >= 15 is 0 Å². The first-order valence-corrected chi connectivity index (χ1v) is 9.78. The molecule has 0 saturated carbocycles. The molecule has 29 heavy (non-hydrogen) atoms. The Labute approximate surface area is 169 Å². The third kappa shape index (κ3) is 7.29. The number of esters is 1. The third-order valence-electron chi connectivity index (χ3n) is 5.13. The molecular weight excluding hydrogens is 377 g/mol. The summed E-state index contributed by atoms with van der Waals surface area (Å²) >= 11 is 0. The van der Waals surface area contributed by atoms with Crippen LogP contribution in [0.2, 0.25) is 0 Å². The lowest BCUT2D eigenvalue weighted by molar-refractivity contribution is -0.143. The number of amides is 1. The molecule has 0 aliphatic carbocycles. The molecule has 1 heterocycles. The first-order chi connectivity index (χ1) is 13.8. The number of ketones is 1. The second-order valence-corrected chi connectivity index (χ2v) is 7.45. The van der Waals surface area contributed by atoms with E-state index in [0.29, 0.717) is 25.1 Å². The number of aryl methyl sites for hydroxylation is 1. The molecule has 0 unspecified atom stereocenters. The van der Waals surface area contributed by atoms with E-state index in [1.54, 1.807) is 24.0 Å². The van der Waals surface area contributed by atoms with Crippen LogP contribution in [0.25, 0.3) is 0 Å². The van der Waals surface area contributed by atoms with Gasteiger partial charge >= 0.3 is 5.97 Å². The highest BCUT2D eigenvalue weighted by Gasteiger charge is 2.22. The fourth-order valence-electron chi connectivity index (χ4n) is 3.45. The van der Waals surface area contributed by atoms with Crippen molar-refractivity contribution in [2.45, 2.75) is 52.1 Å². The molecule has 1 saturated heterocycles. The number of ether oxygens (including phenoxy) is 1. The van der Waals surface area contributed by atoms with Crippen molar-refractivity contribution >= 4 is 23.5 Å². The molecule has 158 valence electrons. The van der Waals surface area contributed by atoms with Crippen LogP contribution < -0.4 is 5.73 Å². The summed E-state index contributed by atoms with van der Waals surface area (Å²) in [5, 5.41) is 7.05. The number of carbonyl (C=O) groups is 3. The minimum atomic E-state index is -0.687. The fraction of sp³-hybridized carbons (Fsp3) is 0.524. The summed E-state index contributed by atoms with van der Waals surface area (Å²) in [7, 11) is 0. The maximum atomic E-state index is 14.6. The highest BCUT2D eigenvalue weighted by molar-refractivity contribution is 5.94. The summed E-state index contributed by atoms with van der Waals surface area (Å²) in [5.41, 5.74) is 5.76. The van der Waals surface area contributed by atoms with E-state index in [4.69, 9.17) is 15.9 Å². The summed E-state index contributed by atoms with van der Waals surface area (Å²) in [5.74, 6) is -1.05. The van der Waals surface area contributed by atoms with Gasteiger partial charge in [-0.1, -0.05) is 18.2 Å². The number of amidine groups is 1. The Morgan fingerprint density at radius 1 is 1.24 bits per heavy atom. The first kappa shape index (κ1) is 22.5. The number of nitrogens with zero attached hydrogens (tertiary/aromatic N) is 1. The van der Waals surface area contributed by atoms with Gasteiger partial charge in [0.1, 0.15) is 30.5 Å². The van der Waals surface area contributed by atoms with Gasteiger partial charge in [-0.2, -0.15) is 0 Å². The zero-order chi connectivity index (χ0) is 21.4. The highest BCUT2D eigenvalue weighted by atomic mass is 19.1. The molecule has 2 rings (SSSR count). The monoisotopic (exact) mass is 405 g/mol. The van der Waals surface area contributed by atoms with E-state index in [9.17, 15) is 18.8 Å². The number of benzene rings is 1. The average molecular weight is 405 g/mol. The van der Waals surface area contributed by atoms with Crippen LogP contribution in [0.15, 0.2) is 18.2 Å². The number of carbonyl (C=O) groups excluding carboxylic acids is 3. The van der Waals surface area contributed by atoms with Gasteiger partial charge in [0, 0.05) is 38.4 Å². The summed E-state index contributed by atoms with van der Waals surface area (Å²) < 4.78 is 19.5. The van der Waals surface area contributed by atoms with Crippen molar-refractivity contribution in [3.8, 4) is 0 Å². The van der Waals surface area contributed by atoms with Crippen LogP contribution >= 0.6 is 0 Å². The number of nitrogens with one attached hydrogen (secondary N) is 1. The summed E-state index contributed by atoms with van der Waals surface area (Å²) in [6.07, 6.45) is 2.29. The zero-order valence-electron chi connectivity index (χ0n) is 16.7. The molecule has 1 aromatic carbocycles. The van der Waals surface area contributed by atoms with Crippen LogP contribution in [0.3, 0.4) is 0 Å². The Hall–Kier alpha value is -2.77. The Morgan fingerprint density at radius 2 is 1.90 bits per heavy atom. The van der Waals surface area contributed by atoms with Gasteiger partial charge in [-0.3, -0.25) is 19.8 Å². The molecule has 0 aromatic heterocycles. The predicted octanol–water partition coefficient (Wildman–Crippen LogP) is 2.35. The van der Waals surface area contributed by atoms with Crippen molar-refractivity contribution in [3.63, 3.8) is 0 Å². The van der Waals surface area contributed by atoms with Crippen molar-refractivity contribution in [2.24, 2.45) is 11.7 Å². The van der Waals surface area contributed by atoms with E-state index in [1.165, 1.54) is 6.07 Å². The molecule has 0 spiro atoms. The molecule has 7 nitrogen and oxygen atoms in total. The lowest BCUT2D eigenvalue weighted by atomic mass is 9.90. The molecule has 0 atom stereocenters. The van der Waals surface area contributed by atoms with Crippen molar-refractivity contribution in [2.75, 3.05) is 13.1 Å².